The molecule has 0 saturated carbocycles. The highest BCUT2D eigenvalue weighted by atomic mass is 16.6. The molecule has 2 saturated heterocycles. The van der Waals surface area contributed by atoms with Crippen molar-refractivity contribution >= 4 is 45.5 Å². The number of hydrogen-bond donors (Lipinski definition) is 4. The SMILES string of the molecule is O=C1OC(c2ccccc2)C(c2ccccc2)N2C1C(C(=O)NCc1nc3ccccc3[nH]1)C1(C(=O)Nc3ccc(C#CCn4nnc5ccccc54)cc31)C2c1cccc(OCCO)c1. The second-order valence-corrected chi connectivity index (χ2v) is 16.6. The van der Waals surface area contributed by atoms with Crippen molar-refractivity contribution < 1.29 is 29.0 Å². The molecule has 4 N–H and O–H groups in total. The molecule has 3 aliphatic rings. The van der Waals surface area contributed by atoms with Crippen molar-refractivity contribution in [2.45, 2.75) is 42.7 Å². The number of para-hydroxylation sites is 3. The molecule has 66 heavy (non-hydrogen) atoms. The molecule has 2 fully saturated rings. The topological polar surface area (TPSA) is 177 Å². The number of esters is 1. The lowest BCUT2D eigenvalue weighted by Crippen LogP contribution is -2.54. The molecule has 0 radical (unpaired) electrons. The number of anilines is 1. The van der Waals surface area contributed by atoms with Crippen molar-refractivity contribution in [3.63, 3.8) is 0 Å². The molecule has 2 aromatic heterocycles. The summed E-state index contributed by atoms with van der Waals surface area (Å²) < 4.78 is 14.3. The minimum atomic E-state index is -1.76. The summed E-state index contributed by atoms with van der Waals surface area (Å²) in [4.78, 5) is 56.4. The lowest BCUT2D eigenvalue weighted by Gasteiger charge is -2.46. The third-order valence-electron chi connectivity index (χ3n) is 12.9. The first-order chi connectivity index (χ1) is 32.4. The molecule has 2 amide bonds. The van der Waals surface area contributed by atoms with Crippen LogP contribution >= 0.6 is 0 Å². The number of rotatable bonds is 10. The summed E-state index contributed by atoms with van der Waals surface area (Å²) in [5.41, 5.74) is 5.14. The number of imidazole rings is 1. The van der Waals surface area contributed by atoms with Crippen LogP contribution in [0.2, 0.25) is 0 Å². The number of amides is 2. The number of fused-ring (bicyclic) bond motifs is 5. The van der Waals surface area contributed by atoms with E-state index in [0.717, 1.165) is 33.2 Å². The molecule has 0 bridgehead atoms. The van der Waals surface area contributed by atoms with E-state index in [-0.39, 0.29) is 26.3 Å². The van der Waals surface area contributed by atoms with E-state index in [0.29, 0.717) is 34.0 Å². The number of nitrogens with zero attached hydrogens (tertiary/aromatic N) is 5. The van der Waals surface area contributed by atoms with Crippen LogP contribution in [0.4, 0.5) is 5.69 Å². The average molecular weight is 875 g/mol. The molecule has 326 valence electrons. The normalized spacial score (nSPS) is 22.0. The fraction of sp³-hybridized carbons (Fsp3) is 0.192. The molecule has 6 aromatic carbocycles. The van der Waals surface area contributed by atoms with E-state index < -0.39 is 53.3 Å². The molecule has 14 heteroatoms. The summed E-state index contributed by atoms with van der Waals surface area (Å²) >= 11 is 0. The number of hydrogen-bond acceptors (Lipinski definition) is 10. The standard InChI is InChI=1S/C52H42N8O6/c61-27-28-65-36-19-11-18-35(30-36)48-52(37-29-32(24-25-38(37)56-51(52)64)13-12-26-59-42-23-10-9-22-41(42)57-58-59)44(49(62)53-31-43-54-39-20-7-8-21-40(39)55-43)46-50(63)66-47(34-16-5-2-6-17-34)45(60(46)48)33-14-3-1-4-15-33/h1-11,14-25,29-30,44-48,61H,26-28,31H2,(H,53,62)(H,54,55)(H,56,64). The Morgan fingerprint density at radius 1 is 0.818 bits per heavy atom. The highest BCUT2D eigenvalue weighted by Gasteiger charge is 2.74. The van der Waals surface area contributed by atoms with Crippen molar-refractivity contribution in [1.82, 2.24) is 35.2 Å². The first kappa shape index (κ1) is 40.6. The number of aliphatic hydroxyl groups is 1. The van der Waals surface area contributed by atoms with Gasteiger partial charge in [0, 0.05) is 11.3 Å². The zero-order valence-electron chi connectivity index (χ0n) is 35.4. The second-order valence-electron chi connectivity index (χ2n) is 16.6. The third-order valence-corrected chi connectivity index (χ3v) is 12.9. The Morgan fingerprint density at radius 2 is 1.56 bits per heavy atom. The molecule has 0 aliphatic carbocycles. The number of aliphatic hydroxyl groups excluding tert-OH is 1. The number of morpholine rings is 1. The summed E-state index contributed by atoms with van der Waals surface area (Å²) in [6.07, 6.45) is -0.836. The van der Waals surface area contributed by atoms with Crippen molar-refractivity contribution in [3.05, 3.63) is 185 Å². The van der Waals surface area contributed by atoms with Gasteiger partial charge in [0.2, 0.25) is 11.8 Å². The van der Waals surface area contributed by atoms with E-state index in [2.05, 4.69) is 37.8 Å². The summed E-state index contributed by atoms with van der Waals surface area (Å²) in [6.45, 7) is 0.0515. The highest BCUT2D eigenvalue weighted by Crippen LogP contribution is 2.65. The minimum Gasteiger partial charge on any atom is -0.491 e. The predicted octanol–water partition coefficient (Wildman–Crippen LogP) is 6.32. The van der Waals surface area contributed by atoms with Gasteiger partial charge in [0.05, 0.1) is 47.7 Å². The molecule has 5 heterocycles. The Balaban J connectivity index is 1.12. The number of aromatic nitrogens is 5. The first-order valence-electron chi connectivity index (χ1n) is 21.8. The van der Waals surface area contributed by atoms with Gasteiger partial charge in [-0.05, 0) is 76.9 Å². The van der Waals surface area contributed by atoms with Gasteiger partial charge in [-0.2, -0.15) is 0 Å². The van der Waals surface area contributed by atoms with E-state index >= 15 is 14.4 Å². The van der Waals surface area contributed by atoms with Crippen LogP contribution in [0, 0.1) is 17.8 Å². The van der Waals surface area contributed by atoms with Crippen LogP contribution in [0.5, 0.6) is 5.75 Å². The maximum Gasteiger partial charge on any atom is 0.324 e. The molecular weight excluding hydrogens is 833 g/mol. The Bertz CT molecular complexity index is 3180. The van der Waals surface area contributed by atoms with E-state index in [1.165, 1.54) is 0 Å². The molecule has 1 spiro atoms. The van der Waals surface area contributed by atoms with E-state index in [1.54, 1.807) is 16.8 Å². The smallest absolute Gasteiger partial charge is 0.324 e. The molecule has 11 rings (SSSR count). The van der Waals surface area contributed by atoms with Gasteiger partial charge in [-0.1, -0.05) is 114 Å². The van der Waals surface area contributed by atoms with Crippen molar-refractivity contribution in [1.29, 1.82) is 0 Å². The number of carbonyl (C=O) groups excluding carboxylic acids is 3. The number of cyclic esters (lactones) is 1. The Kier molecular flexibility index (Phi) is 10.3. The van der Waals surface area contributed by atoms with Gasteiger partial charge in [0.1, 0.15) is 47.8 Å². The summed E-state index contributed by atoms with van der Waals surface area (Å²) in [6, 6.07) is 44.3. The van der Waals surface area contributed by atoms with Crippen molar-refractivity contribution in [2.75, 3.05) is 18.5 Å². The number of ether oxygens (including phenoxy) is 2. The van der Waals surface area contributed by atoms with Gasteiger partial charge in [-0.3, -0.25) is 19.3 Å². The number of carbonyl (C=O) groups is 3. The monoisotopic (exact) mass is 874 g/mol. The van der Waals surface area contributed by atoms with Crippen LogP contribution in [0.3, 0.4) is 0 Å². The van der Waals surface area contributed by atoms with Crippen molar-refractivity contribution in [2.24, 2.45) is 5.92 Å². The molecule has 6 unspecified atom stereocenters. The number of benzene rings is 6. The number of nitrogens with one attached hydrogen (secondary N) is 3. The van der Waals surface area contributed by atoms with E-state index in [9.17, 15) is 5.11 Å². The summed E-state index contributed by atoms with van der Waals surface area (Å²) in [5.74, 6) is 4.47. The molecule has 14 nitrogen and oxygen atoms in total. The van der Waals surface area contributed by atoms with E-state index in [4.69, 9.17) is 14.5 Å². The van der Waals surface area contributed by atoms with Gasteiger partial charge in [-0.15, -0.1) is 5.10 Å². The van der Waals surface area contributed by atoms with Crippen LogP contribution in [0.15, 0.2) is 152 Å². The van der Waals surface area contributed by atoms with Gasteiger partial charge in [-0.25, -0.2) is 9.67 Å². The maximum absolute atomic E-state index is 15.6. The quantitative estimate of drug-likeness (QED) is 0.0899. The molecule has 6 atom stereocenters. The summed E-state index contributed by atoms with van der Waals surface area (Å²) in [5, 5.41) is 24.6. The van der Waals surface area contributed by atoms with Gasteiger partial charge < -0.3 is 30.2 Å². The van der Waals surface area contributed by atoms with E-state index in [1.807, 2.05) is 144 Å². The largest absolute Gasteiger partial charge is 0.491 e. The predicted molar refractivity (Wildman–Crippen MR) is 244 cm³/mol. The zero-order valence-corrected chi connectivity index (χ0v) is 35.4. The summed E-state index contributed by atoms with van der Waals surface area (Å²) in [7, 11) is 0. The average Bonchev–Trinajstić information content (AvgIpc) is 4.12. The van der Waals surface area contributed by atoms with Crippen LogP contribution in [-0.4, -0.2) is 72.0 Å². The van der Waals surface area contributed by atoms with Gasteiger partial charge >= 0.3 is 5.97 Å². The molecule has 3 aliphatic heterocycles. The fourth-order valence-corrected chi connectivity index (χ4v) is 10.2. The molecule has 8 aromatic rings. The lowest BCUT2D eigenvalue weighted by molar-refractivity contribution is -0.178. The number of aromatic amines is 1. The van der Waals surface area contributed by atoms with Crippen molar-refractivity contribution in [3.8, 4) is 17.6 Å². The van der Waals surface area contributed by atoms with Gasteiger partial charge in [0.15, 0.2) is 0 Å². The Morgan fingerprint density at radius 3 is 2.36 bits per heavy atom. The van der Waals surface area contributed by atoms with Crippen LogP contribution in [0.25, 0.3) is 22.1 Å². The van der Waals surface area contributed by atoms with Crippen LogP contribution in [-0.2, 0) is 37.6 Å². The lowest BCUT2D eigenvalue weighted by atomic mass is 9.65. The van der Waals surface area contributed by atoms with Crippen LogP contribution in [0.1, 0.15) is 51.8 Å². The van der Waals surface area contributed by atoms with Crippen LogP contribution < -0.4 is 15.4 Å². The second kappa shape index (κ2) is 16.8. The molecular formula is C52H42N8O6. The maximum atomic E-state index is 15.6. The minimum absolute atomic E-state index is 0.0112. The third kappa shape index (κ3) is 6.84. The highest BCUT2D eigenvalue weighted by molar-refractivity contribution is 6.12. The zero-order chi connectivity index (χ0) is 44.8. The van der Waals surface area contributed by atoms with Gasteiger partial charge in [0.25, 0.3) is 0 Å². The fourth-order valence-electron chi connectivity index (χ4n) is 10.2. The Hall–Kier alpha value is -8.12. The first-order valence-corrected chi connectivity index (χ1v) is 21.8. The number of H-pyrrole nitrogens is 1. The Labute approximate surface area is 378 Å².